The van der Waals surface area contributed by atoms with Crippen LogP contribution in [-0.2, 0) is 4.79 Å². The van der Waals surface area contributed by atoms with Crippen LogP contribution < -0.4 is 14.2 Å². The maximum atomic E-state index is 13.3. The lowest BCUT2D eigenvalue weighted by Crippen LogP contribution is -2.37. The van der Waals surface area contributed by atoms with Crippen molar-refractivity contribution in [3.05, 3.63) is 102 Å². The minimum Gasteiger partial charge on any atom is -0.493 e. The first-order valence-corrected chi connectivity index (χ1v) is 12.1. The number of rotatable bonds is 11. The molecular formula is C31H30O6. The van der Waals surface area contributed by atoms with Gasteiger partial charge in [0.05, 0.1) is 18.8 Å². The van der Waals surface area contributed by atoms with Gasteiger partial charge in [0, 0.05) is 11.5 Å². The third-order valence-electron chi connectivity index (χ3n) is 5.90. The van der Waals surface area contributed by atoms with Crippen LogP contribution in [-0.4, -0.2) is 35.7 Å². The van der Waals surface area contributed by atoms with E-state index in [9.17, 15) is 14.7 Å². The molecule has 0 radical (unpaired) electrons. The third kappa shape index (κ3) is 6.47. The van der Waals surface area contributed by atoms with Gasteiger partial charge in [-0.2, -0.15) is 0 Å². The Kier molecular flexibility index (Phi) is 7.77. The highest BCUT2D eigenvalue weighted by atomic mass is 16.5. The highest BCUT2D eigenvalue weighted by molar-refractivity contribution is 6.12. The Balaban J connectivity index is 1.41. The molecule has 0 spiro atoms. The van der Waals surface area contributed by atoms with Crippen molar-refractivity contribution in [2.24, 2.45) is 5.92 Å². The molecule has 6 heteroatoms. The molecule has 0 saturated carbocycles. The van der Waals surface area contributed by atoms with Gasteiger partial charge in [0.1, 0.15) is 17.2 Å². The summed E-state index contributed by atoms with van der Waals surface area (Å²) in [6.45, 7) is 5.76. The number of carbonyl (C=O) groups excluding carboxylic acids is 1. The van der Waals surface area contributed by atoms with Gasteiger partial charge < -0.3 is 19.3 Å². The quantitative estimate of drug-likeness (QED) is 0.241. The second-order valence-electron chi connectivity index (χ2n) is 9.51. The zero-order valence-corrected chi connectivity index (χ0v) is 21.1. The molecule has 0 heterocycles. The van der Waals surface area contributed by atoms with Crippen molar-refractivity contribution >= 4 is 22.5 Å². The lowest BCUT2D eigenvalue weighted by atomic mass is 9.99. The summed E-state index contributed by atoms with van der Waals surface area (Å²) in [6, 6.07) is 27.7. The molecule has 0 aliphatic rings. The number of carboxylic acid groups (broad SMARTS) is 1. The molecule has 37 heavy (non-hydrogen) atoms. The number of carbonyl (C=O) groups is 2. The lowest BCUT2D eigenvalue weighted by molar-refractivity contribution is -0.152. The average Bonchev–Trinajstić information content (AvgIpc) is 2.90. The van der Waals surface area contributed by atoms with Crippen LogP contribution in [0.4, 0.5) is 0 Å². The molecule has 1 unspecified atom stereocenters. The molecule has 4 aromatic rings. The van der Waals surface area contributed by atoms with E-state index < -0.39 is 11.6 Å². The van der Waals surface area contributed by atoms with E-state index >= 15 is 0 Å². The van der Waals surface area contributed by atoms with E-state index in [1.165, 1.54) is 13.8 Å². The van der Waals surface area contributed by atoms with Crippen LogP contribution in [0.1, 0.15) is 36.7 Å². The van der Waals surface area contributed by atoms with Gasteiger partial charge in [-0.1, -0.05) is 61.5 Å². The number of hydrogen-bond acceptors (Lipinski definition) is 5. The number of fused-ring (bicyclic) bond motifs is 1. The van der Waals surface area contributed by atoms with Crippen LogP contribution in [0.2, 0.25) is 0 Å². The maximum Gasteiger partial charge on any atom is 0.347 e. The Hall–Kier alpha value is -4.32. The first kappa shape index (κ1) is 25.8. The normalized spacial score (nSPS) is 12.1. The Morgan fingerprint density at radius 1 is 0.784 bits per heavy atom. The molecule has 4 rings (SSSR count). The van der Waals surface area contributed by atoms with Crippen molar-refractivity contribution in [2.75, 3.05) is 13.2 Å². The number of benzene rings is 4. The molecule has 0 aliphatic carbocycles. The Morgan fingerprint density at radius 3 is 2.00 bits per heavy atom. The minimum atomic E-state index is -1.32. The van der Waals surface area contributed by atoms with E-state index in [0.717, 1.165) is 10.8 Å². The second kappa shape index (κ2) is 11.2. The highest BCUT2D eigenvalue weighted by Gasteiger charge is 2.29. The molecule has 4 aromatic carbocycles. The Labute approximate surface area is 216 Å². The fourth-order valence-corrected chi connectivity index (χ4v) is 3.72. The van der Waals surface area contributed by atoms with E-state index in [1.54, 1.807) is 36.4 Å². The molecular weight excluding hydrogens is 468 g/mol. The number of hydrogen-bond donors (Lipinski definition) is 1. The minimum absolute atomic E-state index is 0.0352. The Bertz CT molecular complexity index is 1380. The van der Waals surface area contributed by atoms with Crippen LogP contribution in [0.5, 0.6) is 17.2 Å². The molecule has 1 atom stereocenters. The summed E-state index contributed by atoms with van der Waals surface area (Å²) in [5.74, 6) is 0.538. The van der Waals surface area contributed by atoms with E-state index in [4.69, 9.17) is 14.2 Å². The van der Waals surface area contributed by atoms with Gasteiger partial charge in [-0.25, -0.2) is 4.79 Å². The summed E-state index contributed by atoms with van der Waals surface area (Å²) in [5, 5.41) is 11.2. The third-order valence-corrected chi connectivity index (χ3v) is 5.90. The summed E-state index contributed by atoms with van der Waals surface area (Å²) < 4.78 is 17.6. The molecule has 0 aliphatic heterocycles. The van der Waals surface area contributed by atoms with Gasteiger partial charge in [-0.05, 0) is 61.0 Å². The average molecular weight is 499 g/mol. The van der Waals surface area contributed by atoms with Crippen molar-refractivity contribution in [1.29, 1.82) is 0 Å². The van der Waals surface area contributed by atoms with Crippen LogP contribution >= 0.6 is 0 Å². The molecule has 6 nitrogen and oxygen atoms in total. The van der Waals surface area contributed by atoms with E-state index in [0.29, 0.717) is 41.6 Å². The van der Waals surface area contributed by atoms with Gasteiger partial charge in [-0.15, -0.1) is 0 Å². The van der Waals surface area contributed by atoms with Gasteiger partial charge >= 0.3 is 5.97 Å². The monoisotopic (exact) mass is 498 g/mol. The van der Waals surface area contributed by atoms with Gasteiger partial charge in [0.25, 0.3) is 0 Å². The SMILES string of the molecule is CC(COc1ccc(OC(C)(C)C(=O)O)cc1)COc1cc2ccccc2cc1C(=O)c1ccccc1. The smallest absolute Gasteiger partial charge is 0.347 e. The van der Waals surface area contributed by atoms with Crippen molar-refractivity contribution < 1.29 is 28.9 Å². The Morgan fingerprint density at radius 2 is 1.35 bits per heavy atom. The molecule has 0 bridgehead atoms. The molecule has 0 amide bonds. The standard InChI is InChI=1S/C31H30O6/c1-21(19-35-25-13-15-26(16-14-25)37-31(2,3)30(33)34)20-36-28-18-24-12-8-7-11-23(24)17-27(28)29(32)22-9-5-4-6-10-22/h4-18,21H,19-20H2,1-3H3,(H,33,34). The molecule has 0 saturated heterocycles. The fourth-order valence-electron chi connectivity index (χ4n) is 3.72. The van der Waals surface area contributed by atoms with E-state index in [2.05, 4.69) is 0 Å². The number of carboxylic acids is 1. The molecule has 0 fully saturated rings. The predicted molar refractivity (Wildman–Crippen MR) is 143 cm³/mol. The van der Waals surface area contributed by atoms with Crippen molar-refractivity contribution in [3.8, 4) is 17.2 Å². The zero-order chi connectivity index (χ0) is 26.4. The topological polar surface area (TPSA) is 82.1 Å². The second-order valence-corrected chi connectivity index (χ2v) is 9.51. The van der Waals surface area contributed by atoms with Gasteiger partial charge in [0.2, 0.25) is 0 Å². The molecule has 190 valence electrons. The van der Waals surface area contributed by atoms with Crippen LogP contribution in [0.15, 0.2) is 91.0 Å². The van der Waals surface area contributed by atoms with Crippen LogP contribution in [0.25, 0.3) is 10.8 Å². The predicted octanol–water partition coefficient (Wildman–Crippen LogP) is 6.41. The summed E-state index contributed by atoms with van der Waals surface area (Å²) in [4.78, 5) is 24.5. The van der Waals surface area contributed by atoms with Crippen molar-refractivity contribution in [1.82, 2.24) is 0 Å². The molecule has 1 N–H and O–H groups in total. The van der Waals surface area contributed by atoms with Crippen molar-refractivity contribution in [2.45, 2.75) is 26.4 Å². The molecule has 0 aromatic heterocycles. The zero-order valence-electron chi connectivity index (χ0n) is 21.1. The number of ketones is 1. The summed E-state index contributed by atoms with van der Waals surface area (Å²) in [6.07, 6.45) is 0. The van der Waals surface area contributed by atoms with E-state index in [1.807, 2.05) is 61.5 Å². The summed E-state index contributed by atoms with van der Waals surface area (Å²) >= 11 is 0. The highest BCUT2D eigenvalue weighted by Crippen LogP contribution is 2.29. The number of ether oxygens (including phenoxy) is 3. The first-order chi connectivity index (χ1) is 17.7. The van der Waals surface area contributed by atoms with E-state index in [-0.39, 0.29) is 11.7 Å². The lowest BCUT2D eigenvalue weighted by Gasteiger charge is -2.21. The summed E-state index contributed by atoms with van der Waals surface area (Å²) in [7, 11) is 0. The first-order valence-electron chi connectivity index (χ1n) is 12.1. The largest absolute Gasteiger partial charge is 0.493 e. The summed E-state index contributed by atoms with van der Waals surface area (Å²) in [5.41, 5.74) is -0.186. The van der Waals surface area contributed by atoms with Gasteiger partial charge in [0.15, 0.2) is 11.4 Å². The number of aliphatic carboxylic acids is 1. The van der Waals surface area contributed by atoms with Crippen LogP contribution in [0, 0.1) is 5.92 Å². The van der Waals surface area contributed by atoms with Gasteiger partial charge in [-0.3, -0.25) is 4.79 Å². The van der Waals surface area contributed by atoms with Crippen molar-refractivity contribution in [3.63, 3.8) is 0 Å². The fraction of sp³-hybridized carbons (Fsp3) is 0.226. The maximum absolute atomic E-state index is 13.3. The van der Waals surface area contributed by atoms with Crippen LogP contribution in [0.3, 0.4) is 0 Å².